The fourth-order valence-electron chi connectivity index (χ4n) is 3.99. The van der Waals surface area contributed by atoms with Gasteiger partial charge in [0.05, 0.1) is 0 Å². The van der Waals surface area contributed by atoms with Crippen molar-refractivity contribution in [3.05, 3.63) is 35.9 Å². The fourth-order valence-corrected chi connectivity index (χ4v) is 3.99. The van der Waals surface area contributed by atoms with Crippen molar-refractivity contribution in [3.8, 4) is 0 Å². The number of amides is 1. The van der Waals surface area contributed by atoms with E-state index in [4.69, 9.17) is 0 Å². The lowest BCUT2D eigenvalue weighted by atomic mass is 9.93. The molecule has 120 valence electrons. The molecule has 1 atom stereocenters. The summed E-state index contributed by atoms with van der Waals surface area (Å²) in [5.74, 6) is 0.292. The molecule has 3 heteroatoms. The molecule has 0 radical (unpaired) electrons. The van der Waals surface area contributed by atoms with E-state index in [1.165, 1.54) is 44.9 Å². The average Bonchev–Trinajstić information content (AvgIpc) is 3.10. The predicted octanol–water partition coefficient (Wildman–Crippen LogP) is 3.61. The SMILES string of the molecule is CN(C(=O)C(c1ccccc1)N1CCCC1)C1CCCCC1. The van der Waals surface area contributed by atoms with Gasteiger partial charge < -0.3 is 4.90 Å². The molecule has 1 unspecified atom stereocenters. The van der Waals surface area contributed by atoms with Crippen LogP contribution < -0.4 is 0 Å². The molecule has 2 aliphatic rings. The molecular formula is C19H28N2O. The van der Waals surface area contributed by atoms with Crippen molar-refractivity contribution in [3.63, 3.8) is 0 Å². The summed E-state index contributed by atoms with van der Waals surface area (Å²) in [6, 6.07) is 10.7. The van der Waals surface area contributed by atoms with E-state index in [-0.39, 0.29) is 6.04 Å². The van der Waals surface area contributed by atoms with Crippen LogP contribution in [0.25, 0.3) is 0 Å². The van der Waals surface area contributed by atoms with Gasteiger partial charge in [-0.1, -0.05) is 49.6 Å². The Kier molecular flexibility index (Phi) is 5.14. The van der Waals surface area contributed by atoms with Gasteiger partial charge in [-0.05, 0) is 44.3 Å². The molecule has 1 saturated heterocycles. The summed E-state index contributed by atoms with van der Waals surface area (Å²) >= 11 is 0. The van der Waals surface area contributed by atoms with Crippen molar-refractivity contribution in [1.29, 1.82) is 0 Å². The van der Waals surface area contributed by atoms with Crippen molar-refractivity contribution in [2.45, 2.75) is 57.0 Å². The normalized spacial score (nSPS) is 21.7. The zero-order valence-electron chi connectivity index (χ0n) is 13.7. The summed E-state index contributed by atoms with van der Waals surface area (Å²) in [5.41, 5.74) is 1.15. The fraction of sp³-hybridized carbons (Fsp3) is 0.632. The number of likely N-dealkylation sites (N-methyl/N-ethyl adjacent to an activating group) is 1. The Hall–Kier alpha value is -1.35. The van der Waals surface area contributed by atoms with Gasteiger partial charge in [0.25, 0.3) is 0 Å². The van der Waals surface area contributed by atoms with Crippen LogP contribution in [0.1, 0.15) is 56.6 Å². The summed E-state index contributed by atoms with van der Waals surface area (Å²) in [6.45, 7) is 2.09. The van der Waals surface area contributed by atoms with Crippen LogP contribution in [0.4, 0.5) is 0 Å². The predicted molar refractivity (Wildman–Crippen MR) is 89.6 cm³/mol. The first-order chi connectivity index (χ1) is 10.8. The minimum absolute atomic E-state index is 0.0874. The minimum Gasteiger partial charge on any atom is -0.341 e. The minimum atomic E-state index is -0.0874. The standard InChI is InChI=1S/C19H28N2O/c1-20(17-12-6-3-7-13-17)19(22)18(21-14-8-9-15-21)16-10-4-2-5-11-16/h2,4-5,10-11,17-18H,3,6-9,12-15H2,1H3. The number of benzene rings is 1. The van der Waals surface area contributed by atoms with Crippen LogP contribution in [-0.2, 0) is 4.79 Å². The third-order valence-electron chi connectivity index (χ3n) is 5.33. The van der Waals surface area contributed by atoms with Gasteiger partial charge in [-0.3, -0.25) is 9.69 Å². The van der Waals surface area contributed by atoms with Gasteiger partial charge in [0.2, 0.25) is 5.91 Å². The molecule has 1 aromatic carbocycles. The molecule has 1 aliphatic heterocycles. The van der Waals surface area contributed by atoms with E-state index < -0.39 is 0 Å². The molecule has 1 heterocycles. The molecule has 3 nitrogen and oxygen atoms in total. The number of rotatable bonds is 4. The molecule has 1 aromatic rings. The third-order valence-corrected chi connectivity index (χ3v) is 5.33. The van der Waals surface area contributed by atoms with Crippen LogP contribution in [0.5, 0.6) is 0 Å². The molecule has 3 rings (SSSR count). The highest BCUT2D eigenvalue weighted by molar-refractivity contribution is 5.83. The van der Waals surface area contributed by atoms with Gasteiger partial charge in [-0.2, -0.15) is 0 Å². The quantitative estimate of drug-likeness (QED) is 0.848. The van der Waals surface area contributed by atoms with Crippen molar-refractivity contribution in [2.75, 3.05) is 20.1 Å². The molecule has 0 spiro atoms. The second-order valence-corrected chi connectivity index (χ2v) is 6.80. The number of hydrogen-bond acceptors (Lipinski definition) is 2. The molecule has 1 aliphatic carbocycles. The van der Waals surface area contributed by atoms with Crippen LogP contribution in [0.2, 0.25) is 0 Å². The molecular weight excluding hydrogens is 272 g/mol. The first-order valence-corrected chi connectivity index (χ1v) is 8.83. The first-order valence-electron chi connectivity index (χ1n) is 8.83. The van der Waals surface area contributed by atoms with Gasteiger partial charge >= 0.3 is 0 Å². The van der Waals surface area contributed by atoms with Crippen molar-refractivity contribution >= 4 is 5.91 Å². The molecule has 0 bridgehead atoms. The molecule has 1 amide bonds. The maximum absolute atomic E-state index is 13.2. The Morgan fingerprint density at radius 1 is 1.05 bits per heavy atom. The maximum atomic E-state index is 13.2. The maximum Gasteiger partial charge on any atom is 0.244 e. The lowest BCUT2D eigenvalue weighted by Crippen LogP contribution is -2.45. The Balaban J connectivity index is 1.79. The summed E-state index contributed by atoms with van der Waals surface area (Å²) in [7, 11) is 2.02. The first kappa shape index (κ1) is 15.5. The van der Waals surface area contributed by atoms with Crippen molar-refractivity contribution < 1.29 is 4.79 Å². The van der Waals surface area contributed by atoms with Crippen molar-refractivity contribution in [2.24, 2.45) is 0 Å². The highest BCUT2D eigenvalue weighted by Gasteiger charge is 2.34. The Morgan fingerprint density at radius 3 is 2.32 bits per heavy atom. The number of nitrogens with zero attached hydrogens (tertiary/aromatic N) is 2. The topological polar surface area (TPSA) is 23.6 Å². The van der Waals surface area contributed by atoms with Gasteiger partial charge in [0.1, 0.15) is 6.04 Å². The number of hydrogen-bond donors (Lipinski definition) is 0. The second-order valence-electron chi connectivity index (χ2n) is 6.80. The smallest absolute Gasteiger partial charge is 0.244 e. The van der Waals surface area contributed by atoms with Gasteiger partial charge in [-0.15, -0.1) is 0 Å². The Bertz CT molecular complexity index is 475. The van der Waals surface area contributed by atoms with E-state index in [2.05, 4.69) is 21.9 Å². The van der Waals surface area contributed by atoms with Crippen molar-refractivity contribution in [1.82, 2.24) is 9.80 Å². The highest BCUT2D eigenvalue weighted by Crippen LogP contribution is 2.29. The third kappa shape index (κ3) is 3.35. The van der Waals surface area contributed by atoms with Crippen LogP contribution >= 0.6 is 0 Å². The molecule has 0 aromatic heterocycles. The summed E-state index contributed by atoms with van der Waals surface area (Å²) in [4.78, 5) is 17.6. The van der Waals surface area contributed by atoms with E-state index in [1.54, 1.807) is 0 Å². The van der Waals surface area contributed by atoms with Crippen LogP contribution in [0.15, 0.2) is 30.3 Å². The lowest BCUT2D eigenvalue weighted by molar-refractivity contribution is -0.138. The van der Waals surface area contributed by atoms with Crippen LogP contribution in [0.3, 0.4) is 0 Å². The van der Waals surface area contributed by atoms with Crippen LogP contribution in [-0.4, -0.2) is 41.9 Å². The average molecular weight is 300 g/mol. The zero-order chi connectivity index (χ0) is 15.4. The van der Waals surface area contributed by atoms with Gasteiger partial charge in [0, 0.05) is 13.1 Å². The number of likely N-dealkylation sites (tertiary alicyclic amines) is 1. The van der Waals surface area contributed by atoms with E-state index in [0.29, 0.717) is 11.9 Å². The molecule has 0 N–H and O–H groups in total. The largest absolute Gasteiger partial charge is 0.341 e. The Morgan fingerprint density at radius 2 is 1.68 bits per heavy atom. The van der Waals surface area contributed by atoms with E-state index in [0.717, 1.165) is 18.7 Å². The summed E-state index contributed by atoms with van der Waals surface area (Å²) in [6.07, 6.45) is 8.62. The van der Waals surface area contributed by atoms with E-state index in [9.17, 15) is 4.79 Å². The molecule has 1 saturated carbocycles. The summed E-state index contributed by atoms with van der Waals surface area (Å²) in [5, 5.41) is 0. The van der Waals surface area contributed by atoms with Gasteiger partial charge in [-0.25, -0.2) is 0 Å². The molecule has 22 heavy (non-hydrogen) atoms. The lowest BCUT2D eigenvalue weighted by Gasteiger charge is -2.36. The van der Waals surface area contributed by atoms with Crippen LogP contribution in [0, 0.1) is 0 Å². The number of carbonyl (C=O) groups excluding carboxylic acids is 1. The highest BCUT2D eigenvalue weighted by atomic mass is 16.2. The van der Waals surface area contributed by atoms with Gasteiger partial charge in [0.15, 0.2) is 0 Å². The second kappa shape index (κ2) is 7.28. The summed E-state index contributed by atoms with van der Waals surface area (Å²) < 4.78 is 0. The zero-order valence-corrected chi connectivity index (χ0v) is 13.7. The monoisotopic (exact) mass is 300 g/mol. The van der Waals surface area contributed by atoms with E-state index in [1.807, 2.05) is 25.2 Å². The number of carbonyl (C=O) groups is 1. The Labute approximate surface area is 134 Å². The van der Waals surface area contributed by atoms with E-state index >= 15 is 0 Å². The molecule has 2 fully saturated rings.